The van der Waals surface area contributed by atoms with Crippen LogP contribution in [0.15, 0.2) is 29.6 Å². The maximum absolute atomic E-state index is 13.3. The first-order valence-corrected chi connectivity index (χ1v) is 5.73. The van der Waals surface area contributed by atoms with E-state index in [-0.39, 0.29) is 11.1 Å². The van der Waals surface area contributed by atoms with Crippen molar-refractivity contribution in [2.45, 2.75) is 6.04 Å². The number of halogens is 1. The fourth-order valence-electron chi connectivity index (χ4n) is 1.60. The molecule has 0 radical (unpaired) electrons. The molecular formula is C12H9FN2OS. The van der Waals surface area contributed by atoms with Gasteiger partial charge in [0.15, 0.2) is 11.6 Å². The Kier molecular flexibility index (Phi) is 3.09. The SMILES string of the molecule is N#Cc1ccc(F)c(O)c1[C@@H](N)c1cccs1. The number of hydrogen-bond acceptors (Lipinski definition) is 4. The number of nitrogens with two attached hydrogens (primary N) is 1. The van der Waals surface area contributed by atoms with E-state index in [1.807, 2.05) is 17.5 Å². The Labute approximate surface area is 102 Å². The fraction of sp³-hybridized carbons (Fsp3) is 0.0833. The number of phenols is 1. The molecule has 0 bridgehead atoms. The first-order chi connectivity index (χ1) is 8.15. The monoisotopic (exact) mass is 248 g/mol. The molecule has 1 aromatic heterocycles. The van der Waals surface area contributed by atoms with Crippen molar-refractivity contribution in [1.29, 1.82) is 5.26 Å². The van der Waals surface area contributed by atoms with E-state index in [0.717, 1.165) is 10.9 Å². The van der Waals surface area contributed by atoms with Gasteiger partial charge in [0.05, 0.1) is 17.7 Å². The third kappa shape index (κ3) is 2.00. The predicted molar refractivity (Wildman–Crippen MR) is 63.1 cm³/mol. The second kappa shape index (κ2) is 4.53. The van der Waals surface area contributed by atoms with Crippen LogP contribution in [0.1, 0.15) is 22.0 Å². The van der Waals surface area contributed by atoms with Crippen LogP contribution in [-0.2, 0) is 0 Å². The minimum absolute atomic E-state index is 0.134. The van der Waals surface area contributed by atoms with Crippen molar-refractivity contribution in [2.75, 3.05) is 0 Å². The number of benzene rings is 1. The van der Waals surface area contributed by atoms with Gasteiger partial charge in [0.25, 0.3) is 0 Å². The number of nitrogens with zero attached hydrogens (tertiary/aromatic N) is 1. The summed E-state index contributed by atoms with van der Waals surface area (Å²) >= 11 is 1.39. The van der Waals surface area contributed by atoms with Crippen LogP contribution in [0.2, 0.25) is 0 Å². The van der Waals surface area contributed by atoms with Gasteiger partial charge < -0.3 is 10.8 Å². The number of nitriles is 1. The lowest BCUT2D eigenvalue weighted by molar-refractivity contribution is 0.423. The number of aromatic hydroxyl groups is 1. The summed E-state index contributed by atoms with van der Waals surface area (Å²) in [6.45, 7) is 0. The minimum atomic E-state index is -0.772. The number of phenolic OH excluding ortho intramolecular Hbond substituents is 1. The zero-order chi connectivity index (χ0) is 12.4. The first-order valence-electron chi connectivity index (χ1n) is 4.85. The number of rotatable bonds is 2. The molecule has 0 unspecified atom stereocenters. The zero-order valence-corrected chi connectivity index (χ0v) is 9.54. The summed E-state index contributed by atoms with van der Waals surface area (Å²) in [5.74, 6) is -1.32. The van der Waals surface area contributed by atoms with Gasteiger partial charge in [-0.15, -0.1) is 11.3 Å². The van der Waals surface area contributed by atoms with E-state index in [1.54, 1.807) is 6.07 Å². The van der Waals surface area contributed by atoms with Crippen LogP contribution in [0.5, 0.6) is 5.75 Å². The maximum Gasteiger partial charge on any atom is 0.165 e. The first kappa shape index (κ1) is 11.6. The van der Waals surface area contributed by atoms with Gasteiger partial charge in [0.1, 0.15) is 0 Å². The van der Waals surface area contributed by atoms with Crippen molar-refractivity contribution in [3.8, 4) is 11.8 Å². The predicted octanol–water partition coefficient (Wildman–Crippen LogP) is 2.51. The third-order valence-corrected chi connectivity index (χ3v) is 3.40. The van der Waals surface area contributed by atoms with Crippen molar-refractivity contribution in [3.05, 3.63) is 51.5 Å². The van der Waals surface area contributed by atoms with Crippen LogP contribution in [-0.4, -0.2) is 5.11 Å². The van der Waals surface area contributed by atoms with E-state index in [1.165, 1.54) is 17.4 Å². The molecule has 86 valence electrons. The second-order valence-electron chi connectivity index (χ2n) is 3.46. The third-order valence-electron chi connectivity index (χ3n) is 2.45. The fourth-order valence-corrected chi connectivity index (χ4v) is 2.34. The second-order valence-corrected chi connectivity index (χ2v) is 4.44. The summed E-state index contributed by atoms with van der Waals surface area (Å²) in [6.07, 6.45) is 0. The lowest BCUT2D eigenvalue weighted by atomic mass is 9.99. The highest BCUT2D eigenvalue weighted by atomic mass is 32.1. The molecule has 0 saturated heterocycles. The molecule has 0 fully saturated rings. The lowest BCUT2D eigenvalue weighted by Gasteiger charge is -2.14. The molecule has 5 heteroatoms. The van der Waals surface area contributed by atoms with Gasteiger partial charge >= 0.3 is 0 Å². The van der Waals surface area contributed by atoms with E-state index in [0.29, 0.717) is 0 Å². The van der Waals surface area contributed by atoms with E-state index in [9.17, 15) is 9.50 Å². The standard InChI is InChI=1S/C12H9FN2OS/c13-8-4-3-7(6-14)10(12(8)16)11(15)9-2-1-5-17-9/h1-5,11,16H,15H2/t11-/m0/s1. The van der Waals surface area contributed by atoms with E-state index < -0.39 is 17.6 Å². The Morgan fingerprint density at radius 2 is 2.18 bits per heavy atom. The molecule has 0 spiro atoms. The summed E-state index contributed by atoms with van der Waals surface area (Å²) < 4.78 is 13.3. The van der Waals surface area contributed by atoms with Crippen LogP contribution in [0.25, 0.3) is 0 Å². The van der Waals surface area contributed by atoms with E-state index >= 15 is 0 Å². The quantitative estimate of drug-likeness (QED) is 0.857. The van der Waals surface area contributed by atoms with Crippen molar-refractivity contribution in [3.63, 3.8) is 0 Å². The molecule has 0 amide bonds. The summed E-state index contributed by atoms with van der Waals surface area (Å²) in [6, 6.07) is 7.17. The number of hydrogen-bond donors (Lipinski definition) is 2. The summed E-state index contributed by atoms with van der Waals surface area (Å²) in [7, 11) is 0. The molecule has 1 aromatic carbocycles. The van der Waals surface area contributed by atoms with Crippen molar-refractivity contribution < 1.29 is 9.50 Å². The highest BCUT2D eigenvalue weighted by molar-refractivity contribution is 7.10. The Morgan fingerprint density at radius 3 is 2.76 bits per heavy atom. The maximum atomic E-state index is 13.3. The number of thiophene rings is 1. The van der Waals surface area contributed by atoms with Crippen molar-refractivity contribution in [2.24, 2.45) is 5.73 Å². The largest absolute Gasteiger partial charge is 0.505 e. The van der Waals surface area contributed by atoms with Crippen LogP contribution in [0.4, 0.5) is 4.39 Å². The van der Waals surface area contributed by atoms with Gasteiger partial charge in [-0.3, -0.25) is 0 Å². The molecule has 17 heavy (non-hydrogen) atoms. The van der Waals surface area contributed by atoms with Crippen LogP contribution in [0, 0.1) is 17.1 Å². The Hall–Kier alpha value is -1.90. The smallest absolute Gasteiger partial charge is 0.165 e. The van der Waals surface area contributed by atoms with Gasteiger partial charge in [-0.1, -0.05) is 6.07 Å². The average Bonchev–Trinajstić information content (AvgIpc) is 2.85. The van der Waals surface area contributed by atoms with Crippen LogP contribution < -0.4 is 5.73 Å². The molecule has 2 aromatic rings. The van der Waals surface area contributed by atoms with Crippen LogP contribution in [0.3, 0.4) is 0 Å². The van der Waals surface area contributed by atoms with Crippen LogP contribution >= 0.6 is 11.3 Å². The van der Waals surface area contributed by atoms with Gasteiger partial charge in [-0.05, 0) is 23.6 Å². The molecule has 0 aliphatic carbocycles. The topological polar surface area (TPSA) is 70.0 Å². The van der Waals surface area contributed by atoms with Crippen molar-refractivity contribution >= 4 is 11.3 Å². The summed E-state index contributed by atoms with van der Waals surface area (Å²) in [5.41, 5.74) is 6.26. The molecule has 0 aliphatic rings. The van der Waals surface area contributed by atoms with Crippen molar-refractivity contribution in [1.82, 2.24) is 0 Å². The molecule has 0 aliphatic heterocycles. The minimum Gasteiger partial charge on any atom is -0.505 e. The molecule has 1 heterocycles. The highest BCUT2D eigenvalue weighted by Gasteiger charge is 2.21. The molecule has 1 atom stereocenters. The Morgan fingerprint density at radius 1 is 1.41 bits per heavy atom. The lowest BCUT2D eigenvalue weighted by Crippen LogP contribution is -2.12. The van der Waals surface area contributed by atoms with E-state index in [2.05, 4.69) is 0 Å². The Bertz CT molecular complexity index is 575. The van der Waals surface area contributed by atoms with Gasteiger partial charge in [0.2, 0.25) is 0 Å². The highest BCUT2D eigenvalue weighted by Crippen LogP contribution is 2.34. The normalized spacial score (nSPS) is 12.1. The molecule has 3 nitrogen and oxygen atoms in total. The molecular weight excluding hydrogens is 239 g/mol. The van der Waals surface area contributed by atoms with E-state index in [4.69, 9.17) is 11.0 Å². The summed E-state index contributed by atoms with van der Waals surface area (Å²) in [4.78, 5) is 0.766. The van der Waals surface area contributed by atoms with Gasteiger partial charge in [-0.2, -0.15) is 5.26 Å². The average molecular weight is 248 g/mol. The molecule has 3 N–H and O–H groups in total. The summed E-state index contributed by atoms with van der Waals surface area (Å²) in [5, 5.41) is 20.5. The zero-order valence-electron chi connectivity index (χ0n) is 8.72. The molecule has 2 rings (SSSR count). The Balaban J connectivity index is 2.58. The van der Waals surface area contributed by atoms with Gasteiger partial charge in [0, 0.05) is 10.4 Å². The molecule has 0 saturated carbocycles. The van der Waals surface area contributed by atoms with Gasteiger partial charge in [-0.25, -0.2) is 4.39 Å².